The van der Waals surface area contributed by atoms with Gasteiger partial charge in [-0.3, -0.25) is 0 Å². The summed E-state index contributed by atoms with van der Waals surface area (Å²) in [7, 11) is 1.62. The molecule has 2 aromatic carbocycles. The van der Waals surface area contributed by atoms with E-state index in [4.69, 9.17) is 23.7 Å². The average Bonchev–Trinajstić information content (AvgIpc) is 2.91. The van der Waals surface area contributed by atoms with E-state index in [-0.39, 0.29) is 6.79 Å². The average molecular weight is 511 g/mol. The molecule has 0 spiro atoms. The Morgan fingerprint density at radius 3 is 2.35 bits per heavy atom. The van der Waals surface area contributed by atoms with Gasteiger partial charge in [-0.05, 0) is 36.3 Å². The lowest BCUT2D eigenvalue weighted by molar-refractivity contribution is -0.152. The minimum absolute atomic E-state index is 0.0103. The Bertz CT molecular complexity index is 967. The molecule has 0 aromatic heterocycles. The van der Waals surface area contributed by atoms with Crippen LogP contribution < -0.4 is 4.74 Å². The molecule has 0 amide bonds. The van der Waals surface area contributed by atoms with Crippen LogP contribution in [0.2, 0.25) is 0 Å². The van der Waals surface area contributed by atoms with Crippen LogP contribution in [-0.2, 0) is 37.0 Å². The van der Waals surface area contributed by atoms with Crippen LogP contribution in [0.3, 0.4) is 0 Å². The lowest BCUT2D eigenvalue weighted by Crippen LogP contribution is -2.41. The highest BCUT2D eigenvalue weighted by Crippen LogP contribution is 2.21. The molecule has 0 aliphatic carbocycles. The SMILES string of the molecule is C=CC[C@H](/C=C/[C@@](C)(O)[C@@H](CCOCc1ccc(OC)cc1)OCOCc1ccccc1)OC(=O)C=C. The third-order valence-electron chi connectivity index (χ3n) is 5.55. The van der Waals surface area contributed by atoms with Crippen LogP contribution >= 0.6 is 0 Å². The van der Waals surface area contributed by atoms with E-state index < -0.39 is 23.8 Å². The quantitative estimate of drug-likeness (QED) is 0.0977. The van der Waals surface area contributed by atoms with E-state index >= 15 is 0 Å². The van der Waals surface area contributed by atoms with Crippen molar-refractivity contribution in [3.63, 3.8) is 0 Å². The molecule has 1 N–H and O–H groups in total. The van der Waals surface area contributed by atoms with Crippen molar-refractivity contribution in [3.05, 3.63) is 103 Å². The summed E-state index contributed by atoms with van der Waals surface area (Å²) in [6, 6.07) is 17.4. The van der Waals surface area contributed by atoms with E-state index in [0.717, 1.165) is 23.0 Å². The Morgan fingerprint density at radius 1 is 1.03 bits per heavy atom. The molecule has 7 heteroatoms. The third kappa shape index (κ3) is 11.6. The van der Waals surface area contributed by atoms with Crippen LogP contribution in [0.4, 0.5) is 0 Å². The highest BCUT2D eigenvalue weighted by molar-refractivity contribution is 5.81. The topological polar surface area (TPSA) is 83.5 Å². The zero-order chi connectivity index (χ0) is 26.9. The summed E-state index contributed by atoms with van der Waals surface area (Å²) in [5.41, 5.74) is 0.639. The van der Waals surface area contributed by atoms with Crippen molar-refractivity contribution >= 4 is 5.97 Å². The molecular weight excluding hydrogens is 472 g/mol. The van der Waals surface area contributed by atoms with E-state index in [9.17, 15) is 9.90 Å². The van der Waals surface area contributed by atoms with Crippen molar-refractivity contribution in [3.8, 4) is 5.75 Å². The second-order valence-electron chi connectivity index (χ2n) is 8.59. The van der Waals surface area contributed by atoms with Crippen LogP contribution in [0.25, 0.3) is 0 Å². The summed E-state index contributed by atoms with van der Waals surface area (Å²) in [4.78, 5) is 11.6. The molecule has 3 atom stereocenters. The lowest BCUT2D eigenvalue weighted by atomic mass is 9.95. The van der Waals surface area contributed by atoms with Crippen molar-refractivity contribution in [1.82, 2.24) is 0 Å². The molecule has 0 bridgehead atoms. The summed E-state index contributed by atoms with van der Waals surface area (Å²) < 4.78 is 27.9. The largest absolute Gasteiger partial charge is 0.497 e. The summed E-state index contributed by atoms with van der Waals surface area (Å²) in [6.45, 7) is 9.89. The molecule has 0 unspecified atom stereocenters. The number of aliphatic hydroxyl groups is 1. The second-order valence-corrected chi connectivity index (χ2v) is 8.59. The maximum absolute atomic E-state index is 11.6. The van der Waals surface area contributed by atoms with E-state index in [1.807, 2.05) is 54.6 Å². The minimum Gasteiger partial charge on any atom is -0.497 e. The number of benzene rings is 2. The van der Waals surface area contributed by atoms with Crippen molar-refractivity contribution in [2.24, 2.45) is 0 Å². The smallest absolute Gasteiger partial charge is 0.330 e. The Labute approximate surface area is 220 Å². The van der Waals surface area contributed by atoms with E-state index in [1.165, 1.54) is 0 Å². The molecular formula is C30H38O7. The van der Waals surface area contributed by atoms with Crippen LogP contribution in [0, 0.1) is 0 Å². The Kier molecular flexibility index (Phi) is 13.4. The number of esters is 1. The fourth-order valence-corrected chi connectivity index (χ4v) is 3.45. The first-order chi connectivity index (χ1) is 17.9. The standard InChI is InChI=1S/C30H38O7/c1-5-10-27(37-29(31)6-2)17-19-30(3,32)28(36-23-35-22-24-11-8-7-9-12-24)18-20-34-21-25-13-15-26(33-4)16-14-25/h5-9,11-17,19,27-28,32H,1-2,10,18,20-23H2,3-4H3/b19-17+/t27-,28-,30-/m1/s1. The highest BCUT2D eigenvalue weighted by Gasteiger charge is 2.30. The summed E-state index contributed by atoms with van der Waals surface area (Å²) in [6.07, 6.45) is 5.50. The van der Waals surface area contributed by atoms with Crippen molar-refractivity contribution in [1.29, 1.82) is 0 Å². The number of hydrogen-bond donors (Lipinski definition) is 1. The highest BCUT2D eigenvalue weighted by atomic mass is 16.7. The van der Waals surface area contributed by atoms with E-state index in [2.05, 4.69) is 13.2 Å². The van der Waals surface area contributed by atoms with Gasteiger partial charge in [0.05, 0.1) is 26.4 Å². The number of carbonyl (C=O) groups is 1. The maximum Gasteiger partial charge on any atom is 0.330 e. The number of rotatable bonds is 18. The first-order valence-corrected chi connectivity index (χ1v) is 12.2. The van der Waals surface area contributed by atoms with Gasteiger partial charge in [-0.15, -0.1) is 6.58 Å². The van der Waals surface area contributed by atoms with Gasteiger partial charge in [0, 0.05) is 25.5 Å². The minimum atomic E-state index is -1.39. The van der Waals surface area contributed by atoms with Crippen molar-refractivity contribution in [2.75, 3.05) is 20.5 Å². The van der Waals surface area contributed by atoms with E-state index in [0.29, 0.717) is 32.7 Å². The summed E-state index contributed by atoms with van der Waals surface area (Å²) in [5, 5.41) is 11.2. The molecule has 0 fully saturated rings. The molecule has 0 saturated heterocycles. The van der Waals surface area contributed by atoms with Crippen LogP contribution in [0.5, 0.6) is 5.75 Å². The molecule has 7 nitrogen and oxygen atoms in total. The second kappa shape index (κ2) is 16.5. The third-order valence-corrected chi connectivity index (χ3v) is 5.55. The molecule has 0 aliphatic heterocycles. The van der Waals surface area contributed by atoms with Gasteiger partial charge in [0.15, 0.2) is 0 Å². The Hall–Kier alpha value is -3.23. The fraction of sp³-hybridized carbons (Fsp3) is 0.367. The van der Waals surface area contributed by atoms with E-state index in [1.54, 1.807) is 32.3 Å². The Balaban J connectivity index is 1.99. The fourth-order valence-electron chi connectivity index (χ4n) is 3.45. The molecule has 0 aliphatic rings. The molecule has 2 aromatic rings. The van der Waals surface area contributed by atoms with Crippen LogP contribution in [0.15, 0.2) is 92.1 Å². The predicted octanol–water partition coefficient (Wildman–Crippen LogP) is 5.14. The predicted molar refractivity (Wildman–Crippen MR) is 143 cm³/mol. The number of ether oxygens (including phenoxy) is 5. The summed E-state index contributed by atoms with van der Waals surface area (Å²) in [5.74, 6) is 0.231. The Morgan fingerprint density at radius 2 is 1.70 bits per heavy atom. The van der Waals surface area contributed by atoms with Gasteiger partial charge < -0.3 is 28.8 Å². The molecule has 0 saturated carbocycles. The molecule has 200 valence electrons. The zero-order valence-electron chi connectivity index (χ0n) is 21.7. The van der Waals surface area contributed by atoms with Crippen LogP contribution in [-0.4, -0.2) is 49.4 Å². The van der Waals surface area contributed by atoms with Crippen LogP contribution in [0.1, 0.15) is 30.9 Å². The summed E-state index contributed by atoms with van der Waals surface area (Å²) >= 11 is 0. The van der Waals surface area contributed by atoms with Gasteiger partial charge in [0.1, 0.15) is 24.2 Å². The van der Waals surface area contributed by atoms with Gasteiger partial charge in [0.2, 0.25) is 0 Å². The maximum atomic E-state index is 11.6. The molecule has 0 heterocycles. The van der Waals surface area contributed by atoms with Gasteiger partial charge in [-0.2, -0.15) is 0 Å². The van der Waals surface area contributed by atoms with Gasteiger partial charge in [-0.1, -0.05) is 61.2 Å². The number of methoxy groups -OCH3 is 1. The molecule has 2 rings (SSSR count). The zero-order valence-corrected chi connectivity index (χ0v) is 21.7. The van der Waals surface area contributed by atoms with Crippen molar-refractivity contribution in [2.45, 2.75) is 50.8 Å². The first kappa shape index (κ1) is 30.0. The van der Waals surface area contributed by atoms with Gasteiger partial charge in [-0.25, -0.2) is 4.79 Å². The normalized spacial score (nSPS) is 14.5. The van der Waals surface area contributed by atoms with Gasteiger partial charge >= 0.3 is 5.97 Å². The van der Waals surface area contributed by atoms with Gasteiger partial charge in [0.25, 0.3) is 0 Å². The van der Waals surface area contributed by atoms with Crippen molar-refractivity contribution < 1.29 is 33.6 Å². The number of hydrogen-bond acceptors (Lipinski definition) is 7. The first-order valence-electron chi connectivity index (χ1n) is 12.2. The number of carbonyl (C=O) groups excluding carboxylic acids is 1. The molecule has 0 radical (unpaired) electrons. The molecule has 37 heavy (non-hydrogen) atoms. The monoisotopic (exact) mass is 510 g/mol. The lowest BCUT2D eigenvalue weighted by Gasteiger charge is -2.30.